The molecule has 0 N–H and O–H groups in total. The first kappa shape index (κ1) is 25.4. The SMILES string of the molecule is CC(C)P(C(C)C)C(C)C.[Br-].[CH2][CH][CH2].[Pd+2]. The van der Waals surface area contributed by atoms with E-state index >= 15 is 0 Å². The Morgan fingerprint density at radius 3 is 0.933 bits per heavy atom. The van der Waals surface area contributed by atoms with Crippen LogP contribution in [-0.4, -0.2) is 17.0 Å². The van der Waals surface area contributed by atoms with Gasteiger partial charge in [0, 0.05) is 0 Å². The third-order valence-electron chi connectivity index (χ3n) is 1.79. The zero-order valence-corrected chi connectivity index (χ0v) is 14.9. The maximum absolute atomic E-state index is 3.25. The van der Waals surface area contributed by atoms with Crippen LogP contribution >= 0.6 is 7.92 Å². The molecule has 0 bridgehead atoms. The van der Waals surface area contributed by atoms with E-state index in [9.17, 15) is 0 Å². The summed E-state index contributed by atoms with van der Waals surface area (Å²) in [4.78, 5) is 0. The summed E-state index contributed by atoms with van der Waals surface area (Å²) in [7, 11) is 0.262. The first-order chi connectivity index (χ1) is 5.88. The zero-order chi connectivity index (χ0) is 11.0. The standard InChI is InChI=1S/C9H21P.C3H5.BrH.Pd/c1-7(2)10(8(3)4)9(5)6;1-3-2;;/h7-9H,1-6H3;3H,1-2H2;1H;/q;;;+2/p-1. The predicted octanol–water partition coefficient (Wildman–Crippen LogP) is 1.55. The predicted molar refractivity (Wildman–Crippen MR) is 67.3 cm³/mol. The van der Waals surface area contributed by atoms with Crippen LogP contribution in [0.5, 0.6) is 0 Å². The Kier molecular flexibility index (Phi) is 26.4. The zero-order valence-electron chi connectivity index (χ0n) is 10.9. The monoisotopic (exact) mass is 386 g/mol. The summed E-state index contributed by atoms with van der Waals surface area (Å²) in [6, 6.07) is 0. The van der Waals surface area contributed by atoms with Crippen molar-refractivity contribution in [3.63, 3.8) is 0 Å². The molecule has 0 aliphatic rings. The maximum atomic E-state index is 3.25. The smallest absolute Gasteiger partial charge is 1.00 e. The molecular formula is C12H26BrPPd+. The fourth-order valence-corrected chi connectivity index (χ4v) is 5.37. The van der Waals surface area contributed by atoms with Gasteiger partial charge >= 0.3 is 20.4 Å². The number of rotatable bonds is 3. The second-order valence-electron chi connectivity index (χ2n) is 4.02. The second kappa shape index (κ2) is 15.6. The van der Waals surface area contributed by atoms with Crippen LogP contribution in [0.3, 0.4) is 0 Å². The summed E-state index contributed by atoms with van der Waals surface area (Å²) in [5, 5.41) is 0. The van der Waals surface area contributed by atoms with Crippen LogP contribution < -0.4 is 17.0 Å². The number of hydrogen-bond acceptors (Lipinski definition) is 0. The van der Waals surface area contributed by atoms with E-state index in [2.05, 4.69) is 55.4 Å². The van der Waals surface area contributed by atoms with Crippen LogP contribution in [-0.2, 0) is 20.4 Å². The molecule has 0 spiro atoms. The van der Waals surface area contributed by atoms with Crippen molar-refractivity contribution < 1.29 is 37.4 Å². The molecule has 0 nitrogen and oxygen atoms in total. The average molecular weight is 388 g/mol. The minimum atomic E-state index is 0. The van der Waals surface area contributed by atoms with E-state index in [1.165, 1.54) is 6.42 Å². The molecular weight excluding hydrogens is 361 g/mol. The van der Waals surface area contributed by atoms with Crippen molar-refractivity contribution >= 4 is 7.92 Å². The van der Waals surface area contributed by atoms with Gasteiger partial charge in [0.05, 0.1) is 0 Å². The molecule has 0 amide bonds. The minimum absolute atomic E-state index is 0. The summed E-state index contributed by atoms with van der Waals surface area (Å²) < 4.78 is 0. The van der Waals surface area contributed by atoms with Gasteiger partial charge < -0.3 is 17.0 Å². The van der Waals surface area contributed by atoms with E-state index in [0.717, 1.165) is 17.0 Å². The van der Waals surface area contributed by atoms with Crippen molar-refractivity contribution in [2.45, 2.75) is 58.5 Å². The van der Waals surface area contributed by atoms with Crippen LogP contribution in [0.4, 0.5) is 0 Å². The van der Waals surface area contributed by atoms with Crippen molar-refractivity contribution in [1.82, 2.24) is 0 Å². The molecule has 0 saturated carbocycles. The Bertz CT molecular complexity index is 86.8. The Labute approximate surface area is 124 Å². The quantitative estimate of drug-likeness (QED) is 0.509. The van der Waals surface area contributed by atoms with Gasteiger partial charge in [-0.3, -0.25) is 0 Å². The first-order valence-corrected chi connectivity index (χ1v) is 6.60. The minimum Gasteiger partial charge on any atom is -1.00 e. The average Bonchev–Trinajstić information content (AvgIpc) is 1.84. The van der Waals surface area contributed by atoms with E-state index in [1.54, 1.807) is 0 Å². The van der Waals surface area contributed by atoms with Gasteiger partial charge in [-0.1, -0.05) is 49.5 Å². The molecule has 0 saturated heterocycles. The van der Waals surface area contributed by atoms with Gasteiger partial charge in [0.1, 0.15) is 0 Å². The Morgan fingerprint density at radius 2 is 0.933 bits per heavy atom. The van der Waals surface area contributed by atoms with Crippen molar-refractivity contribution in [3.05, 3.63) is 20.3 Å². The van der Waals surface area contributed by atoms with Gasteiger partial charge in [-0.25, -0.2) is 0 Å². The Balaban J connectivity index is -0.000000108. The van der Waals surface area contributed by atoms with E-state index in [0.29, 0.717) is 0 Å². The van der Waals surface area contributed by atoms with Gasteiger partial charge in [0.15, 0.2) is 0 Å². The first-order valence-electron chi connectivity index (χ1n) is 5.06. The Hall–Kier alpha value is 1.57. The van der Waals surface area contributed by atoms with Gasteiger partial charge in [0.25, 0.3) is 0 Å². The summed E-state index contributed by atoms with van der Waals surface area (Å²) >= 11 is 0. The molecule has 0 fully saturated rings. The largest absolute Gasteiger partial charge is 2.00 e. The molecule has 3 radical (unpaired) electrons. The maximum Gasteiger partial charge on any atom is 2.00 e. The van der Waals surface area contributed by atoms with Crippen LogP contribution in [0.25, 0.3) is 0 Å². The molecule has 3 heteroatoms. The van der Waals surface area contributed by atoms with Gasteiger partial charge in [-0.15, -0.1) is 0 Å². The van der Waals surface area contributed by atoms with E-state index in [1.807, 2.05) is 0 Å². The van der Waals surface area contributed by atoms with E-state index in [4.69, 9.17) is 0 Å². The fourth-order valence-electron chi connectivity index (χ4n) is 1.79. The fraction of sp³-hybridized carbons (Fsp3) is 0.750. The third kappa shape index (κ3) is 15.6. The van der Waals surface area contributed by atoms with Crippen molar-refractivity contribution in [2.24, 2.45) is 0 Å². The summed E-state index contributed by atoms with van der Waals surface area (Å²) in [6.45, 7) is 20.6. The topological polar surface area (TPSA) is 0 Å². The number of halogens is 1. The van der Waals surface area contributed by atoms with Gasteiger partial charge in [-0.2, -0.15) is 0 Å². The molecule has 0 aliphatic heterocycles. The van der Waals surface area contributed by atoms with Gasteiger partial charge in [-0.05, 0) is 37.2 Å². The molecule has 95 valence electrons. The number of hydrogen-bond donors (Lipinski definition) is 0. The summed E-state index contributed by atoms with van der Waals surface area (Å²) in [6.07, 6.45) is 1.50. The molecule has 0 rings (SSSR count). The molecule has 15 heavy (non-hydrogen) atoms. The molecule has 0 heterocycles. The molecule has 0 unspecified atom stereocenters. The van der Waals surface area contributed by atoms with E-state index < -0.39 is 0 Å². The third-order valence-corrected chi connectivity index (χ3v) is 5.37. The molecule has 0 aromatic carbocycles. The summed E-state index contributed by atoms with van der Waals surface area (Å²) in [5.41, 5.74) is 2.69. The van der Waals surface area contributed by atoms with Crippen LogP contribution in [0.2, 0.25) is 0 Å². The van der Waals surface area contributed by atoms with Crippen molar-refractivity contribution in [1.29, 1.82) is 0 Å². The van der Waals surface area contributed by atoms with Crippen molar-refractivity contribution in [2.75, 3.05) is 0 Å². The molecule has 0 aromatic rings. The van der Waals surface area contributed by atoms with E-state index in [-0.39, 0.29) is 45.3 Å². The molecule has 0 aromatic heterocycles. The normalized spacial score (nSPS) is 9.60. The van der Waals surface area contributed by atoms with Crippen LogP contribution in [0.15, 0.2) is 0 Å². The second-order valence-corrected chi connectivity index (χ2v) is 8.01. The van der Waals surface area contributed by atoms with Gasteiger partial charge in [0.2, 0.25) is 0 Å². The van der Waals surface area contributed by atoms with Crippen LogP contribution in [0, 0.1) is 20.3 Å². The van der Waals surface area contributed by atoms with Crippen LogP contribution in [0.1, 0.15) is 41.5 Å². The molecule has 0 aliphatic carbocycles. The van der Waals surface area contributed by atoms with Crippen molar-refractivity contribution in [3.8, 4) is 0 Å². The summed E-state index contributed by atoms with van der Waals surface area (Å²) in [5.74, 6) is 0. The Morgan fingerprint density at radius 1 is 0.800 bits per heavy atom. The molecule has 0 atom stereocenters.